The summed E-state index contributed by atoms with van der Waals surface area (Å²) in [6.45, 7) is 0. The third-order valence-corrected chi connectivity index (χ3v) is 3.34. The lowest BCUT2D eigenvalue weighted by Crippen LogP contribution is -2.13. The molecule has 0 aliphatic carbocycles. The van der Waals surface area contributed by atoms with Crippen LogP contribution in [-0.4, -0.2) is 26.2 Å². The summed E-state index contributed by atoms with van der Waals surface area (Å²) in [5.74, 6) is -0.869. The van der Waals surface area contributed by atoms with Gasteiger partial charge in [-0.25, -0.2) is 0 Å². The first kappa shape index (κ1) is 14.9. The zero-order valence-electron chi connectivity index (χ0n) is 10.3. The summed E-state index contributed by atoms with van der Waals surface area (Å²) in [6.07, 6.45) is 0.346. The van der Waals surface area contributed by atoms with Crippen LogP contribution in [0.3, 0.4) is 0 Å². The summed E-state index contributed by atoms with van der Waals surface area (Å²) < 4.78 is 10.4. The average Bonchev–Trinajstić information content (AvgIpc) is 2.38. The highest BCUT2D eigenvalue weighted by Crippen LogP contribution is 2.25. The van der Waals surface area contributed by atoms with E-state index in [-0.39, 0.29) is 30.7 Å². The summed E-state index contributed by atoms with van der Waals surface area (Å²) in [5.41, 5.74) is 0.936. The van der Waals surface area contributed by atoms with E-state index in [1.165, 1.54) is 14.2 Å². The maximum absolute atomic E-state index is 11.4. The van der Waals surface area contributed by atoms with Crippen molar-refractivity contribution < 1.29 is 19.1 Å². The van der Waals surface area contributed by atoms with Crippen molar-refractivity contribution in [3.05, 3.63) is 33.4 Å². The van der Waals surface area contributed by atoms with Crippen molar-refractivity contribution in [2.24, 2.45) is 0 Å². The lowest BCUT2D eigenvalue weighted by atomic mass is 9.92. The van der Waals surface area contributed by atoms with Crippen molar-refractivity contribution >= 4 is 34.5 Å². The van der Waals surface area contributed by atoms with Crippen molar-refractivity contribution in [1.29, 1.82) is 0 Å². The van der Waals surface area contributed by atoms with Crippen LogP contribution in [-0.2, 0) is 19.1 Å². The second kappa shape index (κ2) is 7.35. The molecule has 0 bridgehead atoms. The molecule has 0 amide bonds. The van der Waals surface area contributed by atoms with Crippen molar-refractivity contribution in [1.82, 2.24) is 0 Å². The Balaban J connectivity index is 2.85. The topological polar surface area (TPSA) is 52.6 Å². The van der Waals surface area contributed by atoms with Crippen LogP contribution in [0.4, 0.5) is 0 Å². The molecule has 0 aromatic heterocycles. The predicted molar refractivity (Wildman–Crippen MR) is 75.2 cm³/mol. The molecular formula is C13H15IO4. The van der Waals surface area contributed by atoms with Crippen molar-refractivity contribution in [3.63, 3.8) is 0 Å². The molecule has 0 radical (unpaired) electrons. The smallest absolute Gasteiger partial charge is 0.306 e. The SMILES string of the molecule is COC(=O)CC(CC(=O)OC)c1ccc(I)cc1. The number of ether oxygens (including phenoxy) is 2. The van der Waals surface area contributed by atoms with Gasteiger partial charge in [0, 0.05) is 9.49 Å². The minimum atomic E-state index is -0.331. The number of methoxy groups -OCH3 is 2. The van der Waals surface area contributed by atoms with Gasteiger partial charge in [0.25, 0.3) is 0 Å². The van der Waals surface area contributed by atoms with Gasteiger partial charge in [0.15, 0.2) is 0 Å². The van der Waals surface area contributed by atoms with Crippen LogP contribution in [0.25, 0.3) is 0 Å². The van der Waals surface area contributed by atoms with Crippen LogP contribution >= 0.6 is 22.6 Å². The number of halogens is 1. The summed E-state index contributed by atoms with van der Waals surface area (Å²) >= 11 is 2.20. The Bertz CT molecular complexity index is 396. The highest BCUT2D eigenvalue weighted by molar-refractivity contribution is 14.1. The first-order chi connectivity index (χ1) is 8.56. The fourth-order valence-electron chi connectivity index (χ4n) is 1.61. The monoisotopic (exact) mass is 362 g/mol. The number of benzene rings is 1. The second-order valence-corrected chi connectivity index (χ2v) is 5.05. The molecule has 0 unspecified atom stereocenters. The van der Waals surface area contributed by atoms with Gasteiger partial charge in [0.05, 0.1) is 27.1 Å². The van der Waals surface area contributed by atoms with E-state index in [4.69, 9.17) is 0 Å². The molecule has 0 spiro atoms. The number of carbonyl (C=O) groups excluding carboxylic acids is 2. The molecule has 0 atom stereocenters. The quantitative estimate of drug-likeness (QED) is 0.597. The van der Waals surface area contributed by atoms with E-state index in [0.29, 0.717) is 0 Å². The summed E-state index contributed by atoms with van der Waals surface area (Å²) in [4.78, 5) is 22.7. The summed E-state index contributed by atoms with van der Waals surface area (Å²) in [5, 5.41) is 0. The highest BCUT2D eigenvalue weighted by Gasteiger charge is 2.20. The standard InChI is InChI=1S/C13H15IO4/c1-17-12(15)7-10(8-13(16)18-2)9-3-5-11(14)6-4-9/h3-6,10H,7-8H2,1-2H3. The molecule has 1 aromatic carbocycles. The van der Waals surface area contributed by atoms with Gasteiger partial charge in [-0.3, -0.25) is 9.59 Å². The number of hydrogen-bond acceptors (Lipinski definition) is 4. The number of hydrogen-bond donors (Lipinski definition) is 0. The number of rotatable bonds is 5. The molecule has 1 rings (SSSR count). The molecule has 98 valence electrons. The molecule has 0 aliphatic heterocycles. The molecule has 0 N–H and O–H groups in total. The predicted octanol–water partition coefficient (Wildman–Crippen LogP) is 2.50. The molecular weight excluding hydrogens is 347 g/mol. The Hall–Kier alpha value is -1.11. The Morgan fingerprint density at radius 3 is 1.89 bits per heavy atom. The lowest BCUT2D eigenvalue weighted by molar-refractivity contribution is -0.143. The van der Waals surface area contributed by atoms with Gasteiger partial charge in [-0.2, -0.15) is 0 Å². The second-order valence-electron chi connectivity index (χ2n) is 3.81. The van der Waals surface area contributed by atoms with Crippen LogP contribution in [0.1, 0.15) is 24.3 Å². The molecule has 0 heterocycles. The van der Waals surface area contributed by atoms with Gasteiger partial charge in [-0.15, -0.1) is 0 Å². The van der Waals surface area contributed by atoms with Crippen LogP contribution in [0.15, 0.2) is 24.3 Å². The van der Waals surface area contributed by atoms with E-state index < -0.39 is 0 Å². The molecule has 4 nitrogen and oxygen atoms in total. The third-order valence-electron chi connectivity index (χ3n) is 2.62. The normalized spacial score (nSPS) is 10.2. The van der Waals surface area contributed by atoms with Gasteiger partial charge >= 0.3 is 11.9 Å². The summed E-state index contributed by atoms with van der Waals surface area (Å²) in [7, 11) is 2.68. The fourth-order valence-corrected chi connectivity index (χ4v) is 1.97. The maximum atomic E-state index is 11.4. The largest absolute Gasteiger partial charge is 0.469 e. The first-order valence-electron chi connectivity index (χ1n) is 5.46. The molecule has 0 fully saturated rings. The minimum absolute atomic E-state index is 0.173. The first-order valence-corrected chi connectivity index (χ1v) is 6.53. The van der Waals surface area contributed by atoms with Crippen molar-refractivity contribution in [2.45, 2.75) is 18.8 Å². The maximum Gasteiger partial charge on any atom is 0.306 e. The molecule has 0 saturated heterocycles. The zero-order chi connectivity index (χ0) is 13.5. The molecule has 0 aliphatic rings. The Kier molecular flexibility index (Phi) is 6.11. The van der Waals surface area contributed by atoms with Crippen LogP contribution in [0.5, 0.6) is 0 Å². The molecule has 18 heavy (non-hydrogen) atoms. The Morgan fingerprint density at radius 1 is 1.06 bits per heavy atom. The lowest BCUT2D eigenvalue weighted by Gasteiger charge is -2.15. The zero-order valence-corrected chi connectivity index (χ0v) is 12.5. The van der Waals surface area contributed by atoms with Gasteiger partial charge in [-0.1, -0.05) is 12.1 Å². The van der Waals surface area contributed by atoms with E-state index in [1.807, 2.05) is 24.3 Å². The van der Waals surface area contributed by atoms with Gasteiger partial charge in [0.1, 0.15) is 0 Å². The number of carbonyl (C=O) groups is 2. The molecule has 1 aromatic rings. The van der Waals surface area contributed by atoms with E-state index in [1.54, 1.807) is 0 Å². The van der Waals surface area contributed by atoms with Gasteiger partial charge in [-0.05, 0) is 40.3 Å². The average molecular weight is 362 g/mol. The van der Waals surface area contributed by atoms with Crippen molar-refractivity contribution in [2.75, 3.05) is 14.2 Å². The van der Waals surface area contributed by atoms with Gasteiger partial charge in [0.2, 0.25) is 0 Å². The van der Waals surface area contributed by atoms with Crippen LogP contribution in [0.2, 0.25) is 0 Å². The minimum Gasteiger partial charge on any atom is -0.469 e. The fraction of sp³-hybridized carbons (Fsp3) is 0.385. The molecule has 5 heteroatoms. The Morgan fingerprint density at radius 2 is 1.50 bits per heavy atom. The van der Waals surface area contributed by atoms with E-state index in [9.17, 15) is 9.59 Å². The van der Waals surface area contributed by atoms with E-state index in [2.05, 4.69) is 32.1 Å². The third kappa shape index (κ3) is 4.64. The van der Waals surface area contributed by atoms with E-state index in [0.717, 1.165) is 9.13 Å². The number of esters is 2. The van der Waals surface area contributed by atoms with Gasteiger partial charge < -0.3 is 9.47 Å². The van der Waals surface area contributed by atoms with Crippen molar-refractivity contribution in [3.8, 4) is 0 Å². The van der Waals surface area contributed by atoms with E-state index >= 15 is 0 Å². The highest BCUT2D eigenvalue weighted by atomic mass is 127. The molecule has 0 saturated carbocycles. The van der Waals surface area contributed by atoms with Crippen LogP contribution in [0, 0.1) is 3.57 Å². The summed E-state index contributed by atoms with van der Waals surface area (Å²) in [6, 6.07) is 7.71. The van der Waals surface area contributed by atoms with Crippen LogP contribution < -0.4 is 0 Å². The Labute approximate surface area is 120 Å².